The first-order valence-corrected chi connectivity index (χ1v) is 4.87. The highest BCUT2D eigenvalue weighted by Crippen LogP contribution is 2.21. The Kier molecular flexibility index (Phi) is 2.96. The molecule has 0 aliphatic carbocycles. The van der Waals surface area contributed by atoms with Gasteiger partial charge in [-0.05, 0) is 24.3 Å². The van der Waals surface area contributed by atoms with Crippen molar-refractivity contribution in [3.05, 3.63) is 59.9 Å². The second-order valence-electron chi connectivity index (χ2n) is 3.31. The van der Waals surface area contributed by atoms with Gasteiger partial charge in [0.15, 0.2) is 6.29 Å². The van der Waals surface area contributed by atoms with Crippen LogP contribution >= 0.6 is 0 Å². The van der Waals surface area contributed by atoms with Gasteiger partial charge in [-0.15, -0.1) is 0 Å². The second-order valence-corrected chi connectivity index (χ2v) is 3.31. The lowest BCUT2D eigenvalue weighted by atomic mass is 10.2. The summed E-state index contributed by atoms with van der Waals surface area (Å²) in [5.74, 6) is -0.344. The van der Waals surface area contributed by atoms with E-state index in [0.29, 0.717) is 16.9 Å². The first-order chi connectivity index (χ1) is 7.81. The number of hydrogen-bond acceptors (Lipinski definition) is 2. The summed E-state index contributed by atoms with van der Waals surface area (Å²) in [6, 6.07) is 13.3. The molecule has 0 heterocycles. The summed E-state index contributed by atoms with van der Waals surface area (Å²) in [6.45, 7) is 0. The van der Waals surface area contributed by atoms with E-state index in [4.69, 9.17) is 0 Å². The van der Waals surface area contributed by atoms with Crippen molar-refractivity contribution in [1.29, 1.82) is 0 Å². The molecule has 80 valence electrons. The van der Waals surface area contributed by atoms with Gasteiger partial charge in [-0.1, -0.05) is 24.3 Å². The molecule has 0 unspecified atom stereocenters. The smallest absolute Gasteiger partial charge is 0.152 e. The first kappa shape index (κ1) is 10.4. The third kappa shape index (κ3) is 2.08. The summed E-state index contributed by atoms with van der Waals surface area (Å²) in [5, 5.41) is 2.89. The zero-order valence-electron chi connectivity index (χ0n) is 8.48. The number of aldehydes is 1. The number of nitrogens with one attached hydrogen (secondary N) is 1. The molecule has 0 amide bonds. The monoisotopic (exact) mass is 215 g/mol. The van der Waals surface area contributed by atoms with Crippen molar-refractivity contribution in [3.63, 3.8) is 0 Å². The van der Waals surface area contributed by atoms with Crippen molar-refractivity contribution < 1.29 is 9.18 Å². The van der Waals surface area contributed by atoms with Gasteiger partial charge in [0.1, 0.15) is 5.82 Å². The topological polar surface area (TPSA) is 29.1 Å². The quantitative estimate of drug-likeness (QED) is 0.795. The maximum absolute atomic E-state index is 13.4. The molecule has 0 saturated carbocycles. The molecule has 16 heavy (non-hydrogen) atoms. The normalized spacial score (nSPS) is 9.81. The fourth-order valence-electron chi connectivity index (χ4n) is 1.42. The molecular weight excluding hydrogens is 205 g/mol. The molecule has 0 aromatic heterocycles. The number of carbonyl (C=O) groups is 1. The third-order valence-corrected chi connectivity index (χ3v) is 2.23. The molecule has 2 aromatic rings. The predicted octanol–water partition coefficient (Wildman–Crippen LogP) is 3.38. The van der Waals surface area contributed by atoms with Crippen molar-refractivity contribution >= 4 is 17.7 Å². The van der Waals surface area contributed by atoms with Gasteiger partial charge in [0.25, 0.3) is 0 Å². The van der Waals surface area contributed by atoms with Crippen LogP contribution in [-0.2, 0) is 0 Å². The van der Waals surface area contributed by atoms with Crippen molar-refractivity contribution in [2.75, 3.05) is 5.32 Å². The third-order valence-electron chi connectivity index (χ3n) is 2.23. The fraction of sp³-hybridized carbons (Fsp3) is 0. The van der Waals surface area contributed by atoms with Crippen LogP contribution in [0.1, 0.15) is 10.4 Å². The lowest BCUT2D eigenvalue weighted by Gasteiger charge is -2.08. The second kappa shape index (κ2) is 4.57. The molecule has 0 aliphatic rings. The fourth-order valence-corrected chi connectivity index (χ4v) is 1.42. The van der Waals surface area contributed by atoms with Crippen molar-refractivity contribution in [1.82, 2.24) is 0 Å². The van der Waals surface area contributed by atoms with E-state index in [1.54, 1.807) is 42.5 Å². The zero-order chi connectivity index (χ0) is 11.4. The SMILES string of the molecule is O=Cc1ccccc1Nc1ccccc1F. The molecule has 1 N–H and O–H groups in total. The van der Waals surface area contributed by atoms with Crippen molar-refractivity contribution in [2.45, 2.75) is 0 Å². The van der Waals surface area contributed by atoms with E-state index in [1.807, 2.05) is 0 Å². The van der Waals surface area contributed by atoms with Gasteiger partial charge in [0.05, 0.1) is 5.69 Å². The number of anilines is 2. The standard InChI is InChI=1S/C13H10FNO/c14-11-6-2-4-8-13(11)15-12-7-3-1-5-10(12)9-16/h1-9,15H. The lowest BCUT2D eigenvalue weighted by Crippen LogP contribution is -1.96. The first-order valence-electron chi connectivity index (χ1n) is 4.87. The van der Waals surface area contributed by atoms with Gasteiger partial charge in [-0.2, -0.15) is 0 Å². The molecular formula is C13H10FNO. The van der Waals surface area contributed by atoms with Crippen LogP contribution in [0.15, 0.2) is 48.5 Å². The van der Waals surface area contributed by atoms with E-state index in [1.165, 1.54) is 6.07 Å². The molecule has 2 aromatic carbocycles. The zero-order valence-corrected chi connectivity index (χ0v) is 8.48. The summed E-state index contributed by atoms with van der Waals surface area (Å²) in [4.78, 5) is 10.8. The minimum Gasteiger partial charge on any atom is -0.353 e. The van der Waals surface area contributed by atoms with Gasteiger partial charge in [-0.3, -0.25) is 4.79 Å². The minimum absolute atomic E-state index is 0.344. The van der Waals surface area contributed by atoms with Crippen LogP contribution in [0.25, 0.3) is 0 Å². The van der Waals surface area contributed by atoms with E-state index in [-0.39, 0.29) is 5.82 Å². The molecule has 0 radical (unpaired) electrons. The van der Waals surface area contributed by atoms with Crippen LogP contribution in [-0.4, -0.2) is 6.29 Å². The molecule has 2 rings (SSSR count). The summed E-state index contributed by atoms with van der Waals surface area (Å²) >= 11 is 0. The molecule has 2 nitrogen and oxygen atoms in total. The van der Waals surface area contributed by atoms with Crippen LogP contribution < -0.4 is 5.32 Å². The molecule has 0 fully saturated rings. The summed E-state index contributed by atoms with van der Waals surface area (Å²) in [7, 11) is 0. The maximum atomic E-state index is 13.4. The number of carbonyl (C=O) groups excluding carboxylic acids is 1. The Morgan fingerprint density at radius 1 is 0.938 bits per heavy atom. The van der Waals surface area contributed by atoms with Gasteiger partial charge >= 0.3 is 0 Å². The van der Waals surface area contributed by atoms with Crippen molar-refractivity contribution in [2.24, 2.45) is 0 Å². The predicted molar refractivity (Wildman–Crippen MR) is 61.5 cm³/mol. The van der Waals surface area contributed by atoms with Gasteiger partial charge in [-0.25, -0.2) is 4.39 Å². The van der Waals surface area contributed by atoms with Gasteiger partial charge < -0.3 is 5.32 Å². The van der Waals surface area contributed by atoms with Crippen LogP contribution in [0.4, 0.5) is 15.8 Å². The number of rotatable bonds is 3. The van der Waals surface area contributed by atoms with Crippen LogP contribution in [0.3, 0.4) is 0 Å². The Hall–Kier alpha value is -2.16. The summed E-state index contributed by atoms with van der Waals surface area (Å²) in [5.41, 5.74) is 1.46. The van der Waals surface area contributed by atoms with E-state index >= 15 is 0 Å². The van der Waals surface area contributed by atoms with Crippen molar-refractivity contribution in [3.8, 4) is 0 Å². The molecule has 0 saturated heterocycles. The van der Waals surface area contributed by atoms with Gasteiger partial charge in [0.2, 0.25) is 0 Å². The van der Waals surface area contributed by atoms with E-state index in [9.17, 15) is 9.18 Å². The Balaban J connectivity index is 2.34. The Labute approximate surface area is 92.7 Å². The average Bonchev–Trinajstić information content (AvgIpc) is 2.33. The van der Waals surface area contributed by atoms with Crippen LogP contribution in [0.2, 0.25) is 0 Å². The Morgan fingerprint density at radius 2 is 1.56 bits per heavy atom. The highest BCUT2D eigenvalue weighted by molar-refractivity contribution is 5.85. The molecule has 3 heteroatoms. The summed E-state index contributed by atoms with van der Waals surface area (Å²) in [6.07, 6.45) is 0.739. The number of halogens is 1. The number of benzene rings is 2. The Morgan fingerprint density at radius 3 is 2.25 bits per heavy atom. The molecule has 0 spiro atoms. The van der Waals surface area contributed by atoms with Crippen LogP contribution in [0, 0.1) is 5.82 Å². The van der Waals surface area contributed by atoms with Crippen LogP contribution in [0.5, 0.6) is 0 Å². The lowest BCUT2D eigenvalue weighted by molar-refractivity contribution is 0.112. The minimum atomic E-state index is -0.344. The number of para-hydroxylation sites is 2. The maximum Gasteiger partial charge on any atom is 0.152 e. The van der Waals surface area contributed by atoms with Gasteiger partial charge in [0, 0.05) is 11.3 Å². The molecule has 0 aliphatic heterocycles. The number of hydrogen-bond donors (Lipinski definition) is 1. The Bertz CT molecular complexity index is 511. The van der Waals surface area contributed by atoms with E-state index < -0.39 is 0 Å². The largest absolute Gasteiger partial charge is 0.353 e. The van der Waals surface area contributed by atoms with E-state index in [0.717, 1.165) is 6.29 Å². The highest BCUT2D eigenvalue weighted by Gasteiger charge is 2.03. The highest BCUT2D eigenvalue weighted by atomic mass is 19.1. The average molecular weight is 215 g/mol. The molecule has 0 bridgehead atoms. The summed E-state index contributed by atoms with van der Waals surface area (Å²) < 4.78 is 13.4. The van der Waals surface area contributed by atoms with E-state index in [2.05, 4.69) is 5.32 Å². The molecule has 0 atom stereocenters.